The molecule has 0 saturated carbocycles. The van der Waals surface area contributed by atoms with Gasteiger partial charge in [0, 0.05) is 0 Å². The average Bonchev–Trinajstić information content (AvgIpc) is 3.00. The summed E-state index contributed by atoms with van der Waals surface area (Å²) in [6, 6.07) is 20.7. The second-order valence-corrected chi connectivity index (χ2v) is 10.9. The Hall–Kier alpha value is -3.93. The first-order valence-corrected chi connectivity index (χ1v) is 15.2. The fraction of sp³-hybridized carbons (Fsp3) is 0.417. The molecule has 0 bridgehead atoms. The van der Waals surface area contributed by atoms with E-state index in [1.807, 2.05) is 38.1 Å². The molecule has 0 N–H and O–H groups in total. The summed E-state index contributed by atoms with van der Waals surface area (Å²) in [4.78, 5) is 37.7. The SMILES string of the molecule is CCCCC[C@@H](C)OC(=O)c1ccc(OC(=O)c2ccc(-c3ccc(C(=O)O[C@H](C)CC(CC)CC)cc3)cc2)cc1. The molecule has 0 aliphatic heterocycles. The number of unbranched alkanes of at least 4 members (excludes halogenated alkanes) is 2. The number of esters is 3. The molecular formula is C36H44O6. The molecule has 0 radical (unpaired) electrons. The Morgan fingerprint density at radius 3 is 1.52 bits per heavy atom. The molecule has 0 aliphatic carbocycles. The van der Waals surface area contributed by atoms with Gasteiger partial charge in [-0.1, -0.05) is 70.7 Å². The Bertz CT molecular complexity index is 1270. The third-order valence-electron chi connectivity index (χ3n) is 7.53. The predicted molar refractivity (Wildman–Crippen MR) is 166 cm³/mol. The zero-order valence-corrected chi connectivity index (χ0v) is 25.6. The van der Waals surface area contributed by atoms with Crippen LogP contribution < -0.4 is 4.74 Å². The summed E-state index contributed by atoms with van der Waals surface area (Å²) < 4.78 is 16.6. The van der Waals surface area contributed by atoms with E-state index in [9.17, 15) is 14.4 Å². The molecule has 0 aromatic heterocycles. The van der Waals surface area contributed by atoms with Crippen molar-refractivity contribution in [3.05, 3.63) is 89.5 Å². The molecule has 0 spiro atoms. The van der Waals surface area contributed by atoms with Crippen LogP contribution in [-0.2, 0) is 9.47 Å². The Labute approximate surface area is 250 Å². The van der Waals surface area contributed by atoms with Crippen LogP contribution in [0.4, 0.5) is 0 Å². The van der Waals surface area contributed by atoms with E-state index < -0.39 is 5.97 Å². The monoisotopic (exact) mass is 572 g/mol. The van der Waals surface area contributed by atoms with Gasteiger partial charge < -0.3 is 14.2 Å². The summed E-state index contributed by atoms with van der Waals surface area (Å²) in [5.74, 6) is -0.306. The van der Waals surface area contributed by atoms with Gasteiger partial charge in [-0.3, -0.25) is 0 Å². The molecule has 42 heavy (non-hydrogen) atoms. The molecule has 0 heterocycles. The molecule has 2 atom stereocenters. The number of hydrogen-bond acceptors (Lipinski definition) is 6. The first-order valence-electron chi connectivity index (χ1n) is 15.2. The van der Waals surface area contributed by atoms with E-state index in [1.165, 1.54) is 0 Å². The molecule has 0 unspecified atom stereocenters. The number of rotatable bonds is 15. The van der Waals surface area contributed by atoms with Crippen LogP contribution in [0, 0.1) is 5.92 Å². The fourth-order valence-corrected chi connectivity index (χ4v) is 4.80. The minimum absolute atomic E-state index is 0.127. The lowest BCUT2D eigenvalue weighted by Crippen LogP contribution is -2.18. The number of hydrogen-bond donors (Lipinski definition) is 0. The summed E-state index contributed by atoms with van der Waals surface area (Å²) in [7, 11) is 0. The molecule has 0 aliphatic rings. The first-order chi connectivity index (χ1) is 20.2. The molecule has 6 heteroatoms. The van der Waals surface area contributed by atoms with Gasteiger partial charge in [-0.25, -0.2) is 14.4 Å². The topological polar surface area (TPSA) is 78.9 Å². The Morgan fingerprint density at radius 2 is 1.05 bits per heavy atom. The Balaban J connectivity index is 1.53. The third-order valence-corrected chi connectivity index (χ3v) is 7.53. The van der Waals surface area contributed by atoms with Gasteiger partial charge in [0.25, 0.3) is 0 Å². The Kier molecular flexibility index (Phi) is 12.8. The molecule has 3 rings (SSSR count). The van der Waals surface area contributed by atoms with Crippen LogP contribution in [0.1, 0.15) is 111 Å². The highest BCUT2D eigenvalue weighted by atomic mass is 16.5. The van der Waals surface area contributed by atoms with Crippen LogP contribution in [0.25, 0.3) is 11.1 Å². The van der Waals surface area contributed by atoms with E-state index in [-0.39, 0.29) is 24.1 Å². The van der Waals surface area contributed by atoms with E-state index in [0.717, 1.165) is 56.1 Å². The summed E-state index contributed by atoms with van der Waals surface area (Å²) in [6.07, 6.45) is 6.86. The van der Waals surface area contributed by atoms with Crippen molar-refractivity contribution in [3.63, 3.8) is 0 Å². The molecule has 0 saturated heterocycles. The van der Waals surface area contributed by atoms with Crippen LogP contribution in [0.3, 0.4) is 0 Å². The maximum Gasteiger partial charge on any atom is 0.343 e. The quantitative estimate of drug-likeness (QED) is 0.103. The fourth-order valence-electron chi connectivity index (χ4n) is 4.80. The lowest BCUT2D eigenvalue weighted by molar-refractivity contribution is 0.0282. The van der Waals surface area contributed by atoms with Crippen molar-refractivity contribution in [3.8, 4) is 16.9 Å². The highest BCUT2D eigenvalue weighted by Gasteiger charge is 2.17. The summed E-state index contributed by atoms with van der Waals surface area (Å²) in [5.41, 5.74) is 3.14. The van der Waals surface area contributed by atoms with Crippen molar-refractivity contribution in [1.29, 1.82) is 0 Å². The van der Waals surface area contributed by atoms with Crippen LogP contribution in [0.5, 0.6) is 5.75 Å². The van der Waals surface area contributed by atoms with Crippen molar-refractivity contribution in [2.75, 3.05) is 0 Å². The molecule has 6 nitrogen and oxygen atoms in total. The van der Waals surface area contributed by atoms with Gasteiger partial charge in [0.05, 0.1) is 28.9 Å². The summed E-state index contributed by atoms with van der Waals surface area (Å²) >= 11 is 0. The van der Waals surface area contributed by atoms with Gasteiger partial charge in [-0.15, -0.1) is 0 Å². The van der Waals surface area contributed by atoms with Crippen LogP contribution in [0.2, 0.25) is 0 Å². The van der Waals surface area contributed by atoms with E-state index >= 15 is 0 Å². The van der Waals surface area contributed by atoms with Crippen molar-refractivity contribution in [1.82, 2.24) is 0 Å². The van der Waals surface area contributed by atoms with E-state index in [1.54, 1.807) is 48.5 Å². The standard InChI is InChI=1S/C36H44O6/c1-6-9-10-11-25(4)40-34(37)32-20-22-33(23-21-32)42-36(39)31-18-14-29(15-19-31)28-12-16-30(17-13-28)35(38)41-26(5)24-27(7-2)8-3/h12-23,25-27H,6-11,24H2,1-5H3/t25-,26-/m1/s1. The van der Waals surface area contributed by atoms with Crippen molar-refractivity contribution in [2.45, 2.75) is 91.8 Å². The maximum absolute atomic E-state index is 12.7. The zero-order valence-electron chi connectivity index (χ0n) is 25.6. The molecule has 0 fully saturated rings. The van der Waals surface area contributed by atoms with Gasteiger partial charge >= 0.3 is 17.9 Å². The second-order valence-electron chi connectivity index (χ2n) is 10.9. The van der Waals surface area contributed by atoms with E-state index in [2.05, 4.69) is 20.8 Å². The highest BCUT2D eigenvalue weighted by molar-refractivity contribution is 5.93. The van der Waals surface area contributed by atoms with E-state index in [4.69, 9.17) is 14.2 Å². The number of benzene rings is 3. The van der Waals surface area contributed by atoms with Gasteiger partial charge in [-0.2, -0.15) is 0 Å². The minimum atomic E-state index is -0.498. The molecule has 3 aromatic rings. The van der Waals surface area contributed by atoms with Crippen molar-refractivity contribution in [2.24, 2.45) is 5.92 Å². The second kappa shape index (κ2) is 16.5. The molecular weight excluding hydrogens is 528 g/mol. The highest BCUT2D eigenvalue weighted by Crippen LogP contribution is 2.23. The molecule has 224 valence electrons. The normalized spacial score (nSPS) is 12.4. The first kappa shape index (κ1) is 32.6. The van der Waals surface area contributed by atoms with Crippen LogP contribution in [-0.4, -0.2) is 30.1 Å². The molecule has 0 amide bonds. The number of ether oxygens (including phenoxy) is 3. The van der Waals surface area contributed by atoms with Crippen LogP contribution >= 0.6 is 0 Å². The van der Waals surface area contributed by atoms with Crippen molar-refractivity contribution >= 4 is 17.9 Å². The lowest BCUT2D eigenvalue weighted by atomic mass is 9.97. The van der Waals surface area contributed by atoms with Crippen molar-refractivity contribution < 1.29 is 28.6 Å². The average molecular weight is 573 g/mol. The Morgan fingerprint density at radius 1 is 0.595 bits per heavy atom. The third kappa shape index (κ3) is 9.86. The lowest BCUT2D eigenvalue weighted by Gasteiger charge is -2.18. The predicted octanol–water partition coefficient (Wildman–Crippen LogP) is 9.07. The molecule has 3 aromatic carbocycles. The van der Waals surface area contributed by atoms with Gasteiger partial charge in [0.2, 0.25) is 0 Å². The van der Waals surface area contributed by atoms with Crippen LogP contribution in [0.15, 0.2) is 72.8 Å². The summed E-state index contributed by atoms with van der Waals surface area (Å²) in [5, 5.41) is 0. The van der Waals surface area contributed by atoms with Gasteiger partial charge in [0.1, 0.15) is 5.75 Å². The maximum atomic E-state index is 12.7. The van der Waals surface area contributed by atoms with E-state index in [0.29, 0.717) is 28.4 Å². The minimum Gasteiger partial charge on any atom is -0.459 e. The smallest absolute Gasteiger partial charge is 0.343 e. The number of carbonyl (C=O) groups excluding carboxylic acids is 3. The number of carbonyl (C=O) groups is 3. The largest absolute Gasteiger partial charge is 0.459 e. The van der Waals surface area contributed by atoms with Gasteiger partial charge in [0.15, 0.2) is 0 Å². The van der Waals surface area contributed by atoms with Gasteiger partial charge in [-0.05, 0) is 98.7 Å². The zero-order chi connectivity index (χ0) is 30.5. The summed E-state index contributed by atoms with van der Waals surface area (Å²) in [6.45, 7) is 10.3.